The number of nitrogen functional groups attached to an aromatic ring is 1. The predicted molar refractivity (Wildman–Crippen MR) is 205 cm³/mol. The Morgan fingerprint density at radius 2 is 1.79 bits per heavy atom. The largest absolute Gasteiger partial charge is 0.504 e. The van der Waals surface area contributed by atoms with E-state index in [-0.39, 0.29) is 68.3 Å². The van der Waals surface area contributed by atoms with Crippen molar-refractivity contribution in [2.75, 3.05) is 17.2 Å². The number of aliphatic hydroxyl groups is 1. The summed E-state index contributed by atoms with van der Waals surface area (Å²) >= 11 is 3.12. The first-order chi connectivity index (χ1) is 27.0. The maximum Gasteiger partial charge on any atom is 0.354 e. The third kappa shape index (κ3) is 8.69. The Hall–Kier alpha value is -6.22. The molecule has 2 atom stereocenters. The second kappa shape index (κ2) is 17.1. The number of carboxylic acid groups (broad SMARTS) is 2. The molecule has 5 heterocycles. The number of fused-ring (bicyclic) bond motifs is 2. The molecule has 1 unspecified atom stereocenters. The third-order valence-electron chi connectivity index (χ3n) is 8.03. The number of halogens is 1. The Balaban J connectivity index is 0.00000641. The molecule has 4 aromatic rings. The van der Waals surface area contributed by atoms with Crippen LogP contribution in [0.1, 0.15) is 46.2 Å². The van der Waals surface area contributed by atoms with E-state index in [1.165, 1.54) is 35.9 Å². The first-order valence-electron chi connectivity index (χ1n) is 16.0. The lowest BCUT2D eigenvalue weighted by atomic mass is 10.0. The van der Waals surface area contributed by atoms with Gasteiger partial charge in [-0.3, -0.25) is 34.9 Å². The molecule has 1 fully saturated rings. The highest BCUT2D eigenvalue weighted by Crippen LogP contribution is 2.42. The van der Waals surface area contributed by atoms with E-state index < -0.39 is 76.4 Å². The molecular weight excluding hydrogens is 850 g/mol. The van der Waals surface area contributed by atoms with Crippen molar-refractivity contribution >= 4 is 99.5 Å². The number of aromatic hydroxyl groups is 2. The Labute approximate surface area is 343 Å². The number of aromatic nitrogens is 5. The molecule has 0 radical (unpaired) electrons. The number of nitrogens with zero attached hydrogens (tertiary/aromatic N) is 7. The monoisotopic (exact) mass is 879 g/mol. The number of thioether (sulfide) groups is 2. The van der Waals surface area contributed by atoms with Crippen LogP contribution in [-0.4, -0.2) is 125 Å². The Kier molecular flexibility index (Phi) is 12.7. The number of oxime groups is 1. The molecule has 0 saturated carbocycles. The molecule has 10 N–H and O–H groups in total. The molecule has 0 aliphatic carbocycles. The molecule has 27 heteroatoms. The van der Waals surface area contributed by atoms with Gasteiger partial charge in [-0.2, -0.15) is 9.50 Å². The molecule has 1 aromatic carbocycles. The summed E-state index contributed by atoms with van der Waals surface area (Å²) in [6.45, 7) is 1.98. The first kappa shape index (κ1) is 42.9. The SMILES string of the molecule is CC(C)(ON=C(C(=O)NC1C(=O)N2C(C(=O)O)=C(CSc3cc(C(=O)O)nc4nc(CO)nn34)CS[C@@H]12)c1csc(N)n1)C(=O)NNC(=O)c1ccc(O)c(O)c1.Cl. The highest BCUT2D eigenvalue weighted by Gasteiger charge is 2.54. The number of β-lactam (4-membered cyclic amide) rings is 1. The number of aromatic carboxylic acids is 1. The molecule has 0 spiro atoms. The van der Waals surface area contributed by atoms with E-state index in [0.29, 0.717) is 5.57 Å². The highest BCUT2D eigenvalue weighted by molar-refractivity contribution is 8.01. The summed E-state index contributed by atoms with van der Waals surface area (Å²) in [5.41, 5.74) is 7.13. The molecule has 3 aromatic heterocycles. The van der Waals surface area contributed by atoms with Crippen molar-refractivity contribution in [3.8, 4) is 11.5 Å². The van der Waals surface area contributed by atoms with Gasteiger partial charge in [0.05, 0.1) is 0 Å². The normalized spacial score (nSPS) is 16.5. The number of nitrogens with one attached hydrogen (secondary N) is 3. The number of phenolic OH excluding ortho intramolecular Hbond substituents is 2. The second-order valence-electron chi connectivity index (χ2n) is 12.3. The lowest BCUT2D eigenvalue weighted by Gasteiger charge is -2.49. The summed E-state index contributed by atoms with van der Waals surface area (Å²) in [7, 11) is 0. The quantitative estimate of drug-likeness (QED) is 0.0207. The van der Waals surface area contributed by atoms with E-state index in [0.717, 1.165) is 51.9 Å². The first-order valence-corrected chi connectivity index (χ1v) is 18.9. The minimum atomic E-state index is -1.85. The summed E-state index contributed by atoms with van der Waals surface area (Å²) in [5, 5.41) is 59.5. The maximum absolute atomic E-state index is 13.7. The van der Waals surface area contributed by atoms with E-state index in [4.69, 9.17) is 10.6 Å². The van der Waals surface area contributed by atoms with Crippen LogP contribution in [0, 0.1) is 0 Å². The van der Waals surface area contributed by atoms with E-state index in [1.807, 2.05) is 0 Å². The smallest absolute Gasteiger partial charge is 0.354 e. The van der Waals surface area contributed by atoms with Crippen molar-refractivity contribution in [3.05, 3.63) is 63.7 Å². The number of carbonyl (C=O) groups is 6. The number of anilines is 1. The van der Waals surface area contributed by atoms with Gasteiger partial charge in [-0.25, -0.2) is 19.6 Å². The Morgan fingerprint density at radius 3 is 2.43 bits per heavy atom. The van der Waals surface area contributed by atoms with Crippen molar-refractivity contribution in [2.24, 2.45) is 5.16 Å². The number of aliphatic carboxylic acids is 1. The summed E-state index contributed by atoms with van der Waals surface area (Å²) in [5.74, 6) is -7.37. The van der Waals surface area contributed by atoms with E-state index in [1.54, 1.807) is 0 Å². The van der Waals surface area contributed by atoms with Gasteiger partial charge in [0.2, 0.25) is 5.60 Å². The van der Waals surface area contributed by atoms with Crippen LogP contribution in [0.4, 0.5) is 5.13 Å². The van der Waals surface area contributed by atoms with E-state index in [2.05, 4.69) is 41.4 Å². The standard InChI is InChI=1S/C31H29N11O12S3.ClH/c1-31(2,28(53)38-37-22(46)11-3-4-15(44)16(45)5-11)54-40-19(14-10-57-29(32)33-14)23(47)36-20-24(48)41-21(27(51)52)12(9-56-25(20)41)8-55-18-6-13(26(49)50)34-30-35-17(7-43)39-42(18)30;/h3-6,10,20,25,43-45H,7-9H2,1-2H3,(H2,32,33)(H,36,47)(H,37,46)(H,38,53)(H,49,50)(H,51,52);1H/t20?,25-;/m0./s1. The fourth-order valence-corrected chi connectivity index (χ4v) is 8.15. The molecule has 1 saturated heterocycles. The Bertz CT molecular complexity index is 2420. The molecular formula is C31H30ClN11O12S3. The topological polar surface area (TPSA) is 346 Å². The lowest BCUT2D eigenvalue weighted by Crippen LogP contribution is -2.71. The number of rotatable bonds is 13. The van der Waals surface area contributed by atoms with Crippen LogP contribution in [0.2, 0.25) is 0 Å². The van der Waals surface area contributed by atoms with Crippen molar-refractivity contribution in [3.63, 3.8) is 0 Å². The van der Waals surface area contributed by atoms with Crippen molar-refractivity contribution in [2.45, 2.75) is 42.5 Å². The number of hydrogen-bond acceptors (Lipinski definition) is 19. The number of benzene rings is 1. The number of thiazole rings is 1. The predicted octanol–water partition coefficient (Wildman–Crippen LogP) is -0.322. The van der Waals surface area contributed by atoms with Crippen LogP contribution in [0.5, 0.6) is 11.5 Å². The van der Waals surface area contributed by atoms with E-state index >= 15 is 0 Å². The molecule has 23 nitrogen and oxygen atoms in total. The van der Waals surface area contributed by atoms with Crippen LogP contribution >= 0.6 is 47.3 Å². The van der Waals surface area contributed by atoms with Crippen LogP contribution in [0.3, 0.4) is 0 Å². The van der Waals surface area contributed by atoms with E-state index in [9.17, 15) is 54.3 Å². The van der Waals surface area contributed by atoms with Gasteiger partial charge >= 0.3 is 11.9 Å². The fourth-order valence-electron chi connectivity index (χ4n) is 5.13. The average Bonchev–Trinajstić information content (AvgIpc) is 3.81. The summed E-state index contributed by atoms with van der Waals surface area (Å²) < 4.78 is 1.21. The lowest BCUT2D eigenvalue weighted by molar-refractivity contribution is -0.150. The molecule has 2 aliphatic rings. The van der Waals surface area contributed by atoms with Crippen LogP contribution in [0.25, 0.3) is 5.78 Å². The summed E-state index contributed by atoms with van der Waals surface area (Å²) in [4.78, 5) is 95.1. The Morgan fingerprint density at radius 1 is 1.05 bits per heavy atom. The summed E-state index contributed by atoms with van der Waals surface area (Å²) in [6.07, 6.45) is 0. The van der Waals surface area contributed by atoms with Gasteiger partial charge in [-0.15, -0.1) is 52.4 Å². The molecule has 0 bridgehead atoms. The zero-order chi connectivity index (χ0) is 41.3. The minimum Gasteiger partial charge on any atom is -0.504 e. The zero-order valence-corrected chi connectivity index (χ0v) is 32.9. The number of nitrogens with two attached hydrogens (primary N) is 1. The zero-order valence-electron chi connectivity index (χ0n) is 29.6. The van der Waals surface area contributed by atoms with Crippen LogP contribution < -0.4 is 21.9 Å². The van der Waals surface area contributed by atoms with Gasteiger partial charge in [0.15, 0.2) is 33.9 Å². The minimum absolute atomic E-state index is 0. The number of aliphatic hydroxyl groups excluding tert-OH is 1. The van der Waals surface area contributed by atoms with Crippen molar-refractivity contribution in [1.82, 2.24) is 45.6 Å². The number of carboxylic acids is 2. The van der Waals surface area contributed by atoms with Gasteiger partial charge in [0.25, 0.3) is 29.4 Å². The fraction of sp³-hybridized carbons (Fsp3) is 0.258. The highest BCUT2D eigenvalue weighted by atomic mass is 35.5. The number of hydrazine groups is 1. The number of phenols is 2. The molecule has 2 aliphatic heterocycles. The van der Waals surface area contributed by atoms with Gasteiger partial charge in [0, 0.05) is 28.5 Å². The van der Waals surface area contributed by atoms with Crippen LogP contribution in [-0.2, 0) is 30.6 Å². The number of hydrogen-bond donors (Lipinski definition) is 9. The van der Waals surface area contributed by atoms with Crippen molar-refractivity contribution < 1.29 is 59.1 Å². The third-order valence-corrected chi connectivity index (χ3v) is 11.1. The van der Waals surface area contributed by atoms with Gasteiger partial charge in [0.1, 0.15) is 34.4 Å². The summed E-state index contributed by atoms with van der Waals surface area (Å²) in [6, 6.07) is 3.22. The maximum atomic E-state index is 13.7. The van der Waals surface area contributed by atoms with Gasteiger partial charge < -0.3 is 41.4 Å². The second-order valence-corrected chi connectivity index (χ2v) is 15.3. The number of carbonyl (C=O) groups excluding carboxylic acids is 4. The molecule has 58 heavy (non-hydrogen) atoms. The van der Waals surface area contributed by atoms with Crippen LogP contribution in [0.15, 0.2) is 51.1 Å². The number of amides is 4. The molecule has 6 rings (SSSR count). The average molecular weight is 880 g/mol. The molecule has 4 amide bonds. The van der Waals surface area contributed by atoms with Gasteiger partial charge in [-0.1, -0.05) is 5.16 Å². The van der Waals surface area contributed by atoms with Gasteiger partial charge in [-0.05, 0) is 37.6 Å². The van der Waals surface area contributed by atoms with Crippen molar-refractivity contribution in [1.29, 1.82) is 0 Å². The molecule has 306 valence electrons.